The van der Waals surface area contributed by atoms with Gasteiger partial charge in [-0.15, -0.1) is 0 Å². The summed E-state index contributed by atoms with van der Waals surface area (Å²) in [7, 11) is -2.54. The zero-order valence-electron chi connectivity index (χ0n) is 13.8. The van der Waals surface area contributed by atoms with Crippen LogP contribution in [-0.2, 0) is 29.3 Å². The second-order valence-corrected chi connectivity index (χ2v) is 7.17. The molecule has 3 aromatic rings. The van der Waals surface area contributed by atoms with Crippen molar-refractivity contribution in [1.29, 1.82) is 0 Å². The Balaban J connectivity index is 2.14. The number of benzene rings is 2. The summed E-state index contributed by atoms with van der Waals surface area (Å²) in [6.45, 7) is 2.14. The second-order valence-electron chi connectivity index (χ2n) is 5.78. The van der Waals surface area contributed by atoms with E-state index in [4.69, 9.17) is 16.7 Å². The first kappa shape index (κ1) is 17.9. The Morgan fingerprint density at radius 2 is 1.92 bits per heavy atom. The highest BCUT2D eigenvalue weighted by atomic mass is 35.5. The predicted molar refractivity (Wildman–Crippen MR) is 100 cm³/mol. The smallest absolute Gasteiger partial charge is 0.144 e. The van der Waals surface area contributed by atoms with Crippen molar-refractivity contribution in [1.82, 2.24) is 9.55 Å². The van der Waals surface area contributed by atoms with E-state index in [1.165, 1.54) is 0 Å². The summed E-state index contributed by atoms with van der Waals surface area (Å²) >= 11 is 6.29. The molecule has 0 aliphatic rings. The summed E-state index contributed by atoms with van der Waals surface area (Å²) in [4.78, 5) is 4.64. The maximum absolute atomic E-state index is 11.0. The van der Waals surface area contributed by atoms with Crippen LogP contribution in [0.15, 0.2) is 36.4 Å². The van der Waals surface area contributed by atoms with Crippen LogP contribution in [0.1, 0.15) is 23.9 Å². The zero-order chi connectivity index (χ0) is 18.0. The van der Waals surface area contributed by atoms with Gasteiger partial charge in [0.15, 0.2) is 0 Å². The van der Waals surface area contributed by atoms with E-state index in [2.05, 4.69) is 4.98 Å². The van der Waals surface area contributed by atoms with Crippen LogP contribution in [0.2, 0.25) is 5.02 Å². The van der Waals surface area contributed by atoms with Crippen LogP contribution in [0.3, 0.4) is 0 Å². The molecule has 3 rings (SSSR count). The lowest BCUT2D eigenvalue weighted by Crippen LogP contribution is -2.01. The largest absolute Gasteiger partial charge is 0.396 e. The van der Waals surface area contributed by atoms with Crippen LogP contribution in [-0.4, -0.2) is 29.7 Å². The third-order valence-corrected chi connectivity index (χ3v) is 5.05. The van der Waals surface area contributed by atoms with E-state index in [1.54, 1.807) is 12.1 Å². The number of fused-ring (bicyclic) bond motifs is 1. The van der Waals surface area contributed by atoms with Gasteiger partial charge in [0, 0.05) is 23.7 Å². The fourth-order valence-corrected chi connectivity index (χ4v) is 3.78. The van der Waals surface area contributed by atoms with Crippen LogP contribution in [0.4, 0.5) is 0 Å². The summed E-state index contributed by atoms with van der Waals surface area (Å²) in [5.74, 6) is 0.790. The second kappa shape index (κ2) is 7.56. The van der Waals surface area contributed by atoms with Crippen molar-refractivity contribution < 1.29 is 13.5 Å². The van der Waals surface area contributed by atoms with Crippen molar-refractivity contribution in [3.63, 3.8) is 0 Å². The van der Waals surface area contributed by atoms with E-state index in [9.17, 15) is 8.42 Å². The number of aryl methyl sites for hydroxylation is 1. The van der Waals surface area contributed by atoms with E-state index < -0.39 is 10.7 Å². The molecular formula is C18H19ClN2O3S. The van der Waals surface area contributed by atoms with Gasteiger partial charge in [-0.1, -0.05) is 30.7 Å². The number of hydrogen-bond acceptors (Lipinski definition) is 4. The molecule has 0 spiro atoms. The number of rotatable bonds is 6. The van der Waals surface area contributed by atoms with E-state index in [0.717, 1.165) is 34.5 Å². The van der Waals surface area contributed by atoms with E-state index >= 15 is 0 Å². The molecule has 0 bridgehead atoms. The Labute approximate surface area is 152 Å². The third-order valence-electron chi connectivity index (χ3n) is 4.10. The molecular weight excluding hydrogens is 360 g/mol. The van der Waals surface area contributed by atoms with Crippen LogP contribution >= 0.6 is 11.6 Å². The standard InChI is InChI=1S/C18H19ClN2O3S/c1-2-18-20-16-9-13(11-25(23)24)15(19)10-17(16)21(18)14-5-3-12(4-6-14)7-8-22/h3-6,9-10,22,25H,2,7-8,11H2,1H3. The van der Waals surface area contributed by atoms with Gasteiger partial charge in [0.05, 0.1) is 16.8 Å². The van der Waals surface area contributed by atoms with Gasteiger partial charge in [-0.05, 0) is 41.8 Å². The first-order valence-electron chi connectivity index (χ1n) is 8.05. The molecule has 0 atom stereocenters. The van der Waals surface area contributed by atoms with Crippen molar-refractivity contribution in [2.24, 2.45) is 0 Å². The number of thiol groups is 1. The van der Waals surface area contributed by atoms with Crippen molar-refractivity contribution in [3.05, 3.63) is 58.4 Å². The lowest BCUT2D eigenvalue weighted by molar-refractivity contribution is 0.299. The molecule has 0 fully saturated rings. The predicted octanol–water partition coefficient (Wildman–Crippen LogP) is 2.89. The lowest BCUT2D eigenvalue weighted by Gasteiger charge is -2.10. The Morgan fingerprint density at radius 1 is 1.20 bits per heavy atom. The maximum Gasteiger partial charge on any atom is 0.144 e. The SMILES string of the molecule is CCc1nc2cc(C[SH](=O)=O)c(Cl)cc2n1-c1ccc(CCO)cc1. The third kappa shape index (κ3) is 3.71. The Kier molecular flexibility index (Phi) is 5.42. The lowest BCUT2D eigenvalue weighted by atomic mass is 10.1. The van der Waals surface area contributed by atoms with Gasteiger partial charge >= 0.3 is 0 Å². The quantitative estimate of drug-likeness (QED) is 0.647. The molecule has 0 saturated carbocycles. The van der Waals surface area contributed by atoms with Gasteiger partial charge in [0.1, 0.15) is 16.5 Å². The van der Waals surface area contributed by atoms with Crippen LogP contribution < -0.4 is 0 Å². The van der Waals surface area contributed by atoms with Gasteiger partial charge in [-0.3, -0.25) is 4.57 Å². The summed E-state index contributed by atoms with van der Waals surface area (Å²) in [6, 6.07) is 11.5. The monoisotopic (exact) mass is 378 g/mol. The normalized spacial score (nSPS) is 11.5. The topological polar surface area (TPSA) is 72.2 Å². The highest BCUT2D eigenvalue weighted by Gasteiger charge is 2.14. The van der Waals surface area contributed by atoms with E-state index in [-0.39, 0.29) is 12.4 Å². The highest BCUT2D eigenvalue weighted by molar-refractivity contribution is 7.71. The van der Waals surface area contributed by atoms with Crippen LogP contribution in [0.5, 0.6) is 0 Å². The molecule has 1 aromatic heterocycles. The number of nitrogens with zero attached hydrogens (tertiary/aromatic N) is 2. The molecule has 2 aromatic carbocycles. The van der Waals surface area contributed by atoms with Crippen LogP contribution in [0.25, 0.3) is 16.7 Å². The van der Waals surface area contributed by atoms with Crippen molar-refractivity contribution >= 4 is 33.3 Å². The highest BCUT2D eigenvalue weighted by Crippen LogP contribution is 2.28. The van der Waals surface area contributed by atoms with Crippen molar-refractivity contribution in [3.8, 4) is 5.69 Å². The Morgan fingerprint density at radius 3 is 2.52 bits per heavy atom. The van der Waals surface area contributed by atoms with Gasteiger partial charge < -0.3 is 5.11 Å². The fraction of sp³-hybridized carbons (Fsp3) is 0.278. The average molecular weight is 379 g/mol. The molecule has 25 heavy (non-hydrogen) atoms. The fourth-order valence-electron chi connectivity index (χ4n) is 2.92. The summed E-state index contributed by atoms with van der Waals surface area (Å²) < 4.78 is 24.1. The molecule has 0 unspecified atom stereocenters. The van der Waals surface area contributed by atoms with Gasteiger partial charge in [0.2, 0.25) is 0 Å². The number of hydrogen-bond donors (Lipinski definition) is 2. The molecule has 0 aliphatic carbocycles. The number of halogens is 1. The van der Waals surface area contributed by atoms with Gasteiger partial charge in [-0.2, -0.15) is 0 Å². The number of aromatic nitrogens is 2. The zero-order valence-corrected chi connectivity index (χ0v) is 15.4. The Hall–Kier alpha value is -1.89. The average Bonchev–Trinajstić information content (AvgIpc) is 2.93. The minimum Gasteiger partial charge on any atom is -0.396 e. The molecule has 0 saturated heterocycles. The molecule has 0 aliphatic heterocycles. The molecule has 132 valence electrons. The molecule has 1 heterocycles. The maximum atomic E-state index is 11.0. The Bertz CT molecular complexity index is 970. The van der Waals surface area contributed by atoms with Crippen molar-refractivity contribution in [2.75, 3.05) is 6.61 Å². The summed E-state index contributed by atoms with van der Waals surface area (Å²) in [6.07, 6.45) is 1.35. The first-order chi connectivity index (χ1) is 12.0. The number of aliphatic hydroxyl groups is 1. The molecule has 0 radical (unpaired) electrons. The van der Waals surface area contributed by atoms with Crippen LogP contribution in [0, 0.1) is 0 Å². The minimum absolute atomic E-state index is 0.0890. The summed E-state index contributed by atoms with van der Waals surface area (Å²) in [5.41, 5.74) is 4.16. The van der Waals surface area contributed by atoms with Gasteiger partial charge in [0.25, 0.3) is 0 Å². The van der Waals surface area contributed by atoms with Crippen molar-refractivity contribution in [2.45, 2.75) is 25.5 Å². The molecule has 7 heteroatoms. The van der Waals surface area contributed by atoms with Gasteiger partial charge in [-0.25, -0.2) is 13.4 Å². The van der Waals surface area contributed by atoms with E-state index in [0.29, 0.717) is 17.0 Å². The molecule has 1 N–H and O–H groups in total. The summed E-state index contributed by atoms with van der Waals surface area (Å²) in [5, 5.41) is 9.47. The number of aliphatic hydroxyl groups excluding tert-OH is 1. The molecule has 5 nitrogen and oxygen atoms in total. The first-order valence-corrected chi connectivity index (χ1v) is 9.79. The number of imidazole rings is 1. The minimum atomic E-state index is -2.54. The molecule has 0 amide bonds. The van der Waals surface area contributed by atoms with E-state index in [1.807, 2.05) is 35.8 Å².